The smallest absolute Gasteiger partial charge is 0.135 e. The highest BCUT2D eigenvalue weighted by atomic mass is 16.1. The number of carbonyl (C=O) groups excluding carboxylic acids is 1. The summed E-state index contributed by atoms with van der Waals surface area (Å²) >= 11 is 0. The predicted octanol–water partition coefficient (Wildman–Crippen LogP) is 3.57. The Kier molecular flexibility index (Phi) is 4.83. The fourth-order valence-corrected chi connectivity index (χ4v) is 1.90. The highest BCUT2D eigenvalue weighted by Gasteiger charge is 2.12. The summed E-state index contributed by atoms with van der Waals surface area (Å²) in [5.74, 6) is 0.188. The van der Waals surface area contributed by atoms with E-state index in [1.54, 1.807) is 6.92 Å². The lowest BCUT2D eigenvalue weighted by molar-refractivity contribution is -0.115. The van der Waals surface area contributed by atoms with Gasteiger partial charge in [0, 0.05) is 24.8 Å². The summed E-state index contributed by atoms with van der Waals surface area (Å²) in [5.41, 5.74) is 3.59. The van der Waals surface area contributed by atoms with Crippen molar-refractivity contribution in [2.75, 3.05) is 0 Å². The van der Waals surface area contributed by atoms with E-state index < -0.39 is 0 Å². The Morgan fingerprint density at radius 2 is 2.00 bits per heavy atom. The normalized spacial score (nSPS) is 13.7. The molecule has 2 nitrogen and oxygen atoms in total. The summed E-state index contributed by atoms with van der Waals surface area (Å²) in [6.45, 7) is 1.61. The molecule has 1 aliphatic rings. The summed E-state index contributed by atoms with van der Waals surface area (Å²) in [5, 5.41) is 0. The van der Waals surface area contributed by atoms with Crippen molar-refractivity contribution in [3.8, 4) is 0 Å². The van der Waals surface area contributed by atoms with Gasteiger partial charge in [0.1, 0.15) is 5.78 Å². The van der Waals surface area contributed by atoms with E-state index in [1.807, 2.05) is 24.4 Å². The van der Waals surface area contributed by atoms with Crippen molar-refractivity contribution in [2.24, 2.45) is 4.99 Å². The van der Waals surface area contributed by atoms with Crippen LogP contribution in [0.2, 0.25) is 0 Å². The molecule has 0 aromatic heterocycles. The van der Waals surface area contributed by atoms with Gasteiger partial charge in [0.25, 0.3) is 0 Å². The number of hydrogen-bond acceptors (Lipinski definition) is 2. The lowest BCUT2D eigenvalue weighted by atomic mass is 10.0. The molecule has 0 N–H and O–H groups in total. The van der Waals surface area contributed by atoms with E-state index in [0.29, 0.717) is 6.42 Å². The Labute approximate surface area is 103 Å². The van der Waals surface area contributed by atoms with E-state index in [-0.39, 0.29) is 13.2 Å². The number of hydrogen-bond donors (Lipinski definition) is 0. The molecule has 1 aromatic carbocycles. The van der Waals surface area contributed by atoms with Crippen molar-refractivity contribution in [3.63, 3.8) is 0 Å². The van der Waals surface area contributed by atoms with Crippen molar-refractivity contribution in [1.29, 1.82) is 0 Å². The molecule has 1 aromatic rings. The number of ketones is 1. The Bertz CT molecular complexity index is 443. The minimum atomic E-state index is 0. The standard InChI is InChI=1S/C14H15NO.CH4/c1-11(16)7-14-9-13(10-15-14)8-12-5-3-2-4-6-12;/h2-6,10H,7-9H2,1H3;1H4. The maximum absolute atomic E-state index is 11.0. The lowest BCUT2D eigenvalue weighted by Gasteiger charge is -2.02. The van der Waals surface area contributed by atoms with Crippen LogP contribution in [-0.2, 0) is 11.2 Å². The topological polar surface area (TPSA) is 29.4 Å². The number of Topliss-reactive ketones (excluding diaryl/α,β-unsaturated/α-hetero) is 1. The molecule has 0 spiro atoms. The Morgan fingerprint density at radius 3 is 2.65 bits per heavy atom. The highest BCUT2D eigenvalue weighted by Crippen LogP contribution is 2.18. The number of aliphatic imine (C=N–C) groups is 1. The van der Waals surface area contributed by atoms with E-state index in [4.69, 9.17) is 0 Å². The van der Waals surface area contributed by atoms with E-state index >= 15 is 0 Å². The summed E-state index contributed by atoms with van der Waals surface area (Å²) in [6, 6.07) is 10.3. The van der Waals surface area contributed by atoms with E-state index in [2.05, 4.69) is 17.1 Å². The van der Waals surface area contributed by atoms with Crippen LogP contribution in [0.3, 0.4) is 0 Å². The van der Waals surface area contributed by atoms with Crippen molar-refractivity contribution in [2.45, 2.75) is 33.6 Å². The van der Waals surface area contributed by atoms with Gasteiger partial charge in [-0.15, -0.1) is 0 Å². The molecule has 0 radical (unpaired) electrons. The zero-order valence-corrected chi connectivity index (χ0v) is 9.44. The third kappa shape index (κ3) is 3.99. The molecule has 17 heavy (non-hydrogen) atoms. The maximum atomic E-state index is 11.0. The zero-order chi connectivity index (χ0) is 11.4. The van der Waals surface area contributed by atoms with Crippen LogP contribution in [0.4, 0.5) is 0 Å². The third-order valence-electron chi connectivity index (χ3n) is 2.59. The molecule has 1 aliphatic heterocycles. The zero-order valence-electron chi connectivity index (χ0n) is 9.44. The van der Waals surface area contributed by atoms with Gasteiger partial charge in [-0.3, -0.25) is 9.79 Å². The summed E-state index contributed by atoms with van der Waals surface area (Å²) in [6.07, 6.45) is 4.19. The molecule has 0 saturated heterocycles. The number of allylic oxidation sites excluding steroid dienone is 1. The van der Waals surface area contributed by atoms with Crippen LogP contribution in [0, 0.1) is 0 Å². The minimum Gasteiger partial charge on any atom is -0.300 e. The van der Waals surface area contributed by atoms with Crippen molar-refractivity contribution < 1.29 is 4.79 Å². The minimum absolute atomic E-state index is 0. The Balaban J connectivity index is 0.00000144. The van der Waals surface area contributed by atoms with Gasteiger partial charge in [-0.25, -0.2) is 0 Å². The fraction of sp³-hybridized carbons (Fsp3) is 0.333. The number of carbonyl (C=O) groups is 1. The highest BCUT2D eigenvalue weighted by molar-refractivity contribution is 6.03. The summed E-state index contributed by atoms with van der Waals surface area (Å²) in [4.78, 5) is 15.2. The van der Waals surface area contributed by atoms with E-state index in [0.717, 1.165) is 18.6 Å². The van der Waals surface area contributed by atoms with Crippen LogP contribution in [0.25, 0.3) is 0 Å². The van der Waals surface area contributed by atoms with Gasteiger partial charge >= 0.3 is 0 Å². The van der Waals surface area contributed by atoms with Gasteiger partial charge in [0.15, 0.2) is 0 Å². The lowest BCUT2D eigenvalue weighted by Crippen LogP contribution is -2.03. The van der Waals surface area contributed by atoms with Crippen LogP contribution in [-0.4, -0.2) is 11.5 Å². The van der Waals surface area contributed by atoms with Crippen LogP contribution < -0.4 is 0 Å². The molecule has 0 fully saturated rings. The van der Waals surface area contributed by atoms with Crippen LogP contribution in [0.1, 0.15) is 32.8 Å². The monoisotopic (exact) mass is 229 g/mol. The van der Waals surface area contributed by atoms with Crippen LogP contribution >= 0.6 is 0 Å². The van der Waals surface area contributed by atoms with Crippen LogP contribution in [0.15, 0.2) is 47.1 Å². The van der Waals surface area contributed by atoms with Gasteiger partial charge in [-0.05, 0) is 24.5 Å². The molecule has 1 heterocycles. The fourth-order valence-electron chi connectivity index (χ4n) is 1.90. The van der Waals surface area contributed by atoms with Crippen molar-refractivity contribution in [3.05, 3.63) is 47.7 Å². The first-order valence-electron chi connectivity index (χ1n) is 5.51. The Hall–Kier alpha value is -1.70. The molecule has 0 unspecified atom stereocenters. The van der Waals surface area contributed by atoms with Gasteiger partial charge < -0.3 is 0 Å². The van der Waals surface area contributed by atoms with E-state index in [1.165, 1.54) is 11.1 Å². The van der Waals surface area contributed by atoms with Gasteiger partial charge in [-0.2, -0.15) is 0 Å². The maximum Gasteiger partial charge on any atom is 0.135 e. The average Bonchev–Trinajstić information content (AvgIpc) is 2.66. The molecule has 90 valence electrons. The number of rotatable bonds is 4. The second kappa shape index (κ2) is 6.14. The molecule has 0 saturated carbocycles. The van der Waals surface area contributed by atoms with Gasteiger partial charge in [0.05, 0.1) is 0 Å². The van der Waals surface area contributed by atoms with Crippen molar-refractivity contribution >= 4 is 11.5 Å². The predicted molar refractivity (Wildman–Crippen MR) is 72.3 cm³/mol. The first-order chi connectivity index (χ1) is 7.74. The van der Waals surface area contributed by atoms with Crippen LogP contribution in [0.5, 0.6) is 0 Å². The van der Waals surface area contributed by atoms with Gasteiger partial charge in [-0.1, -0.05) is 37.8 Å². The second-order valence-corrected chi connectivity index (χ2v) is 4.20. The summed E-state index contributed by atoms with van der Waals surface area (Å²) < 4.78 is 0. The number of benzene rings is 1. The van der Waals surface area contributed by atoms with E-state index in [9.17, 15) is 4.79 Å². The molecule has 0 amide bonds. The number of nitrogens with zero attached hydrogens (tertiary/aromatic N) is 1. The quantitative estimate of drug-likeness (QED) is 0.776. The molecule has 2 heteroatoms. The third-order valence-corrected chi connectivity index (χ3v) is 2.59. The average molecular weight is 229 g/mol. The molecule has 0 atom stereocenters. The molecule has 2 rings (SSSR count). The largest absolute Gasteiger partial charge is 0.300 e. The second-order valence-electron chi connectivity index (χ2n) is 4.20. The SMILES string of the molecule is C.CC(=O)CC1=NC=C(Cc2ccccc2)C1. The molecule has 0 aliphatic carbocycles. The molecule has 0 bridgehead atoms. The molecular weight excluding hydrogens is 210 g/mol. The summed E-state index contributed by atoms with van der Waals surface area (Å²) in [7, 11) is 0. The van der Waals surface area contributed by atoms with Crippen molar-refractivity contribution in [1.82, 2.24) is 0 Å². The first-order valence-corrected chi connectivity index (χ1v) is 5.51. The Morgan fingerprint density at radius 1 is 1.29 bits per heavy atom. The first kappa shape index (κ1) is 13.4. The van der Waals surface area contributed by atoms with Gasteiger partial charge in [0.2, 0.25) is 0 Å². The molecular formula is C15H19NO.